The van der Waals surface area contributed by atoms with E-state index >= 15 is 0 Å². The third-order valence-electron chi connectivity index (χ3n) is 6.01. The molecule has 0 radical (unpaired) electrons. The van der Waals surface area contributed by atoms with Crippen LogP contribution in [-0.2, 0) is 16.6 Å². The summed E-state index contributed by atoms with van der Waals surface area (Å²) in [6.07, 6.45) is 2.86. The van der Waals surface area contributed by atoms with Crippen molar-refractivity contribution in [2.24, 2.45) is 0 Å². The monoisotopic (exact) mass is 447 g/mol. The highest BCUT2D eigenvalue weighted by Crippen LogP contribution is 2.24. The van der Waals surface area contributed by atoms with Crippen molar-refractivity contribution < 1.29 is 13.2 Å². The number of hydrogen-bond acceptors (Lipinski definition) is 5. The molecule has 2 fully saturated rings. The molecule has 0 saturated carbocycles. The Kier molecular flexibility index (Phi) is 6.57. The fraction of sp³-hybridized carbons (Fsp3) is 0.500. The molecule has 4 rings (SSSR count). The van der Waals surface area contributed by atoms with Crippen molar-refractivity contribution in [2.45, 2.75) is 37.6 Å². The molecule has 8 heteroatoms. The highest BCUT2D eigenvalue weighted by molar-refractivity contribution is 7.89. The first-order valence-electron chi connectivity index (χ1n) is 10.6. The lowest BCUT2D eigenvalue weighted by atomic mass is 10.1. The second-order valence-corrected chi connectivity index (χ2v) is 11.1. The molecule has 1 aromatic carbocycles. The predicted octanol–water partition coefficient (Wildman–Crippen LogP) is 3.19. The molecule has 0 aliphatic carbocycles. The number of thiophene rings is 1. The van der Waals surface area contributed by atoms with Crippen LogP contribution < -0.4 is 0 Å². The normalized spacial score (nSPS) is 19.2. The van der Waals surface area contributed by atoms with Crippen molar-refractivity contribution in [1.29, 1.82) is 0 Å². The minimum absolute atomic E-state index is 0.0704. The predicted molar refractivity (Wildman–Crippen MR) is 119 cm³/mol. The molecule has 0 unspecified atom stereocenters. The highest BCUT2D eigenvalue weighted by atomic mass is 32.2. The Bertz CT molecular complexity index is 975. The van der Waals surface area contributed by atoms with E-state index < -0.39 is 10.0 Å². The number of carbonyl (C=O) groups is 1. The van der Waals surface area contributed by atoms with E-state index in [-0.39, 0.29) is 10.8 Å². The third-order valence-corrected chi connectivity index (χ3v) is 8.77. The molecule has 2 aliphatic heterocycles. The summed E-state index contributed by atoms with van der Waals surface area (Å²) in [4.78, 5) is 19.0. The molecular weight excluding hydrogens is 418 g/mol. The van der Waals surface area contributed by atoms with Gasteiger partial charge < -0.3 is 4.90 Å². The van der Waals surface area contributed by atoms with Crippen LogP contribution in [0, 0.1) is 6.92 Å². The summed E-state index contributed by atoms with van der Waals surface area (Å²) in [7, 11) is -3.55. The van der Waals surface area contributed by atoms with Crippen LogP contribution in [0.15, 0.2) is 40.6 Å². The summed E-state index contributed by atoms with van der Waals surface area (Å²) >= 11 is 1.75. The smallest absolute Gasteiger partial charge is 0.254 e. The Morgan fingerprint density at radius 2 is 1.73 bits per heavy atom. The number of piperidine rings is 1. The van der Waals surface area contributed by atoms with Crippen LogP contribution in [0.4, 0.5) is 0 Å². The first-order valence-corrected chi connectivity index (χ1v) is 12.9. The van der Waals surface area contributed by atoms with Gasteiger partial charge in [-0.25, -0.2) is 8.42 Å². The number of sulfonamides is 1. The average Bonchev–Trinajstić information content (AvgIpc) is 3.28. The van der Waals surface area contributed by atoms with E-state index in [1.54, 1.807) is 33.8 Å². The molecule has 2 aromatic rings. The standard InChI is InChI=1S/C22H29N3O3S2/c1-18-7-8-20(30(27,28)25-9-3-2-4-10-25)16-21(18)22(26)24-13-11-23(12-14-24)17-19-6-5-15-29-19/h5-8,15-16H,2-4,9-14,17H2,1H3. The second kappa shape index (κ2) is 9.18. The zero-order chi connectivity index (χ0) is 21.1. The van der Waals surface area contributed by atoms with E-state index in [0.29, 0.717) is 31.7 Å². The molecule has 3 heterocycles. The van der Waals surface area contributed by atoms with E-state index in [2.05, 4.69) is 22.4 Å². The molecule has 0 bridgehead atoms. The van der Waals surface area contributed by atoms with Gasteiger partial charge in [-0.05, 0) is 48.9 Å². The van der Waals surface area contributed by atoms with Crippen LogP contribution in [0.2, 0.25) is 0 Å². The summed E-state index contributed by atoms with van der Waals surface area (Å²) in [5.41, 5.74) is 1.32. The second-order valence-electron chi connectivity index (χ2n) is 8.09. The fourth-order valence-electron chi connectivity index (χ4n) is 4.15. The van der Waals surface area contributed by atoms with Gasteiger partial charge in [-0.15, -0.1) is 11.3 Å². The van der Waals surface area contributed by atoms with Gasteiger partial charge in [0.15, 0.2) is 0 Å². The molecule has 0 spiro atoms. The maximum atomic E-state index is 13.2. The minimum Gasteiger partial charge on any atom is -0.336 e. The van der Waals surface area contributed by atoms with Gasteiger partial charge in [-0.3, -0.25) is 9.69 Å². The Balaban J connectivity index is 1.46. The number of nitrogens with zero attached hydrogens (tertiary/aromatic N) is 3. The number of aryl methyl sites for hydroxylation is 1. The Labute approximate surface area is 183 Å². The molecule has 30 heavy (non-hydrogen) atoms. The van der Waals surface area contributed by atoms with Gasteiger partial charge in [-0.1, -0.05) is 18.6 Å². The lowest BCUT2D eigenvalue weighted by molar-refractivity contribution is 0.0628. The Hall–Kier alpha value is -1.74. The SMILES string of the molecule is Cc1ccc(S(=O)(=O)N2CCCCC2)cc1C(=O)N1CCN(Cc2cccs2)CC1. The molecule has 1 aromatic heterocycles. The number of piperazine rings is 1. The zero-order valence-electron chi connectivity index (χ0n) is 17.4. The number of hydrogen-bond donors (Lipinski definition) is 0. The Morgan fingerprint density at radius 3 is 2.40 bits per heavy atom. The molecule has 1 amide bonds. The number of benzene rings is 1. The molecule has 162 valence electrons. The van der Waals surface area contributed by atoms with Crippen molar-refractivity contribution in [3.63, 3.8) is 0 Å². The third kappa shape index (κ3) is 4.61. The maximum absolute atomic E-state index is 13.2. The van der Waals surface area contributed by atoms with Crippen LogP contribution in [0.1, 0.15) is 40.1 Å². The van der Waals surface area contributed by atoms with Gasteiger partial charge in [0.05, 0.1) is 4.90 Å². The first kappa shape index (κ1) is 21.5. The molecule has 2 saturated heterocycles. The molecule has 6 nitrogen and oxygen atoms in total. The van der Waals surface area contributed by atoms with Crippen LogP contribution in [0.5, 0.6) is 0 Å². The molecule has 0 N–H and O–H groups in total. The summed E-state index contributed by atoms with van der Waals surface area (Å²) in [5.74, 6) is -0.0704. The number of rotatable bonds is 5. The van der Waals surface area contributed by atoms with Gasteiger partial charge in [0.1, 0.15) is 0 Å². The van der Waals surface area contributed by atoms with Crippen molar-refractivity contribution >= 4 is 27.3 Å². The molecular formula is C22H29N3O3S2. The van der Waals surface area contributed by atoms with Gasteiger partial charge in [0, 0.05) is 56.3 Å². The van der Waals surface area contributed by atoms with Gasteiger partial charge in [0.25, 0.3) is 5.91 Å². The van der Waals surface area contributed by atoms with E-state index in [0.717, 1.165) is 44.5 Å². The van der Waals surface area contributed by atoms with Gasteiger partial charge >= 0.3 is 0 Å². The summed E-state index contributed by atoms with van der Waals surface area (Å²) < 4.78 is 27.6. The largest absolute Gasteiger partial charge is 0.336 e. The van der Waals surface area contributed by atoms with E-state index in [1.807, 2.05) is 11.8 Å². The van der Waals surface area contributed by atoms with Gasteiger partial charge in [-0.2, -0.15) is 4.31 Å². The van der Waals surface area contributed by atoms with Crippen molar-refractivity contribution in [1.82, 2.24) is 14.1 Å². The van der Waals surface area contributed by atoms with E-state index in [1.165, 1.54) is 4.88 Å². The van der Waals surface area contributed by atoms with Crippen LogP contribution in [0.3, 0.4) is 0 Å². The van der Waals surface area contributed by atoms with Gasteiger partial charge in [0.2, 0.25) is 10.0 Å². The quantitative estimate of drug-likeness (QED) is 0.706. The van der Waals surface area contributed by atoms with Crippen LogP contribution in [-0.4, -0.2) is 67.7 Å². The fourth-order valence-corrected chi connectivity index (χ4v) is 6.44. The first-order chi connectivity index (χ1) is 14.4. The minimum atomic E-state index is -3.55. The molecule has 2 aliphatic rings. The molecule has 0 atom stereocenters. The van der Waals surface area contributed by atoms with Crippen molar-refractivity contribution in [2.75, 3.05) is 39.3 Å². The van der Waals surface area contributed by atoms with Crippen LogP contribution >= 0.6 is 11.3 Å². The Morgan fingerprint density at radius 1 is 1.00 bits per heavy atom. The lowest BCUT2D eigenvalue weighted by Gasteiger charge is -2.35. The number of carbonyl (C=O) groups excluding carboxylic acids is 1. The van der Waals surface area contributed by atoms with Crippen molar-refractivity contribution in [3.05, 3.63) is 51.7 Å². The van der Waals surface area contributed by atoms with Crippen molar-refractivity contribution in [3.8, 4) is 0 Å². The number of amides is 1. The summed E-state index contributed by atoms with van der Waals surface area (Å²) in [6.45, 7) is 6.89. The zero-order valence-corrected chi connectivity index (χ0v) is 19.1. The maximum Gasteiger partial charge on any atom is 0.254 e. The lowest BCUT2D eigenvalue weighted by Crippen LogP contribution is -2.48. The van der Waals surface area contributed by atoms with E-state index in [4.69, 9.17) is 0 Å². The summed E-state index contributed by atoms with van der Waals surface area (Å²) in [5, 5.41) is 2.09. The highest BCUT2D eigenvalue weighted by Gasteiger charge is 2.29. The average molecular weight is 448 g/mol. The van der Waals surface area contributed by atoms with E-state index in [9.17, 15) is 13.2 Å². The summed E-state index contributed by atoms with van der Waals surface area (Å²) in [6, 6.07) is 9.18. The van der Waals surface area contributed by atoms with Crippen LogP contribution in [0.25, 0.3) is 0 Å². The topological polar surface area (TPSA) is 60.9 Å².